The van der Waals surface area contributed by atoms with Crippen molar-refractivity contribution in [3.63, 3.8) is 0 Å². The van der Waals surface area contributed by atoms with Crippen molar-refractivity contribution in [2.45, 2.75) is 32.6 Å². The van der Waals surface area contributed by atoms with E-state index in [1.807, 2.05) is 18.2 Å². The van der Waals surface area contributed by atoms with Crippen molar-refractivity contribution in [2.24, 2.45) is 0 Å². The Morgan fingerprint density at radius 2 is 1.76 bits per heavy atom. The summed E-state index contributed by atoms with van der Waals surface area (Å²) in [5, 5.41) is 0. The molecule has 0 radical (unpaired) electrons. The van der Waals surface area contributed by atoms with E-state index in [4.69, 9.17) is 0 Å². The van der Waals surface area contributed by atoms with Crippen LogP contribution in [0.15, 0.2) is 42.5 Å². The molecule has 1 rings (SSSR count). The van der Waals surface area contributed by atoms with Crippen LogP contribution in [0, 0.1) is 0 Å². The van der Waals surface area contributed by atoms with Gasteiger partial charge in [0.05, 0.1) is 0 Å². The molecule has 0 aliphatic rings. The molecule has 0 aliphatic carbocycles. The number of rotatable bonds is 7. The molecule has 0 aliphatic heterocycles. The minimum atomic E-state index is -0.116. The summed E-state index contributed by atoms with van der Waals surface area (Å²) in [6, 6.07) is 8.97. The lowest BCUT2D eigenvalue weighted by Gasteiger charge is -1.95. The van der Waals surface area contributed by atoms with Gasteiger partial charge in [0.25, 0.3) is 0 Å². The van der Waals surface area contributed by atoms with E-state index in [2.05, 4.69) is 6.92 Å². The Balaban J connectivity index is 2.43. The van der Waals surface area contributed by atoms with Crippen molar-refractivity contribution in [3.8, 4) is 0 Å². The third-order valence-electron chi connectivity index (χ3n) is 2.51. The Hall–Kier alpha value is -1.70. The molecule has 2 heteroatoms. The maximum absolute atomic E-state index is 11.6. The molecule has 17 heavy (non-hydrogen) atoms. The first-order valence-corrected chi connectivity index (χ1v) is 6.04. The second-order valence-corrected chi connectivity index (χ2v) is 3.99. The molecule has 2 nitrogen and oxygen atoms in total. The van der Waals surface area contributed by atoms with Crippen molar-refractivity contribution in [3.05, 3.63) is 48.0 Å². The third-order valence-corrected chi connectivity index (χ3v) is 2.51. The number of benzene rings is 1. The molecule has 0 saturated carbocycles. The van der Waals surface area contributed by atoms with Gasteiger partial charge in [-0.2, -0.15) is 0 Å². The van der Waals surface area contributed by atoms with Crippen LogP contribution in [0.5, 0.6) is 0 Å². The van der Waals surface area contributed by atoms with Crippen LogP contribution in [0.3, 0.4) is 0 Å². The van der Waals surface area contributed by atoms with Gasteiger partial charge in [0, 0.05) is 12.0 Å². The van der Waals surface area contributed by atoms with E-state index in [9.17, 15) is 9.59 Å². The van der Waals surface area contributed by atoms with E-state index >= 15 is 0 Å². The van der Waals surface area contributed by atoms with Gasteiger partial charge in [-0.25, -0.2) is 0 Å². The van der Waals surface area contributed by atoms with Crippen molar-refractivity contribution in [1.82, 2.24) is 0 Å². The molecule has 0 amide bonds. The maximum atomic E-state index is 11.6. The smallest absolute Gasteiger partial charge is 0.185 e. The summed E-state index contributed by atoms with van der Waals surface area (Å²) < 4.78 is 0. The molecule has 0 spiro atoms. The molecule has 0 saturated heterocycles. The average Bonchev–Trinajstić information content (AvgIpc) is 2.37. The van der Waals surface area contributed by atoms with E-state index in [0.717, 1.165) is 19.3 Å². The summed E-state index contributed by atoms with van der Waals surface area (Å²) in [6.45, 7) is 2.10. The molecule has 0 aromatic heterocycles. The van der Waals surface area contributed by atoms with Crippen LogP contribution in [-0.2, 0) is 4.79 Å². The summed E-state index contributed by atoms with van der Waals surface area (Å²) >= 11 is 0. The van der Waals surface area contributed by atoms with Gasteiger partial charge >= 0.3 is 0 Å². The van der Waals surface area contributed by atoms with Crippen molar-refractivity contribution in [2.75, 3.05) is 0 Å². The Labute approximate surface area is 102 Å². The zero-order chi connectivity index (χ0) is 12.5. The molecule has 0 unspecified atom stereocenters. The first-order chi connectivity index (χ1) is 8.24. The Morgan fingerprint density at radius 3 is 2.41 bits per heavy atom. The van der Waals surface area contributed by atoms with E-state index in [-0.39, 0.29) is 11.6 Å². The number of allylic oxidation sites excluding steroid dienone is 2. The van der Waals surface area contributed by atoms with Gasteiger partial charge in [0.1, 0.15) is 0 Å². The van der Waals surface area contributed by atoms with Crippen molar-refractivity contribution < 1.29 is 9.59 Å². The summed E-state index contributed by atoms with van der Waals surface area (Å²) in [5.74, 6) is -0.0860. The number of carbonyl (C=O) groups is 2. The molecule has 0 heterocycles. The lowest BCUT2D eigenvalue weighted by atomic mass is 10.1. The third kappa shape index (κ3) is 5.25. The topological polar surface area (TPSA) is 34.1 Å². The quantitative estimate of drug-likeness (QED) is 0.407. The number of hydrogen-bond donors (Lipinski definition) is 0. The molecule has 90 valence electrons. The lowest BCUT2D eigenvalue weighted by Crippen LogP contribution is -1.97. The summed E-state index contributed by atoms with van der Waals surface area (Å²) in [6.07, 6.45) is 6.35. The lowest BCUT2D eigenvalue weighted by molar-refractivity contribution is -0.114. The monoisotopic (exact) mass is 230 g/mol. The zero-order valence-corrected chi connectivity index (χ0v) is 10.2. The van der Waals surface area contributed by atoms with Crippen LogP contribution >= 0.6 is 0 Å². The fraction of sp³-hybridized carbons (Fsp3) is 0.333. The number of ketones is 2. The normalized spacial score (nSPS) is 10.6. The molecule has 0 N–H and O–H groups in total. The van der Waals surface area contributed by atoms with E-state index in [1.54, 1.807) is 12.1 Å². The highest BCUT2D eigenvalue weighted by atomic mass is 16.1. The van der Waals surface area contributed by atoms with Gasteiger partial charge in [0.15, 0.2) is 11.6 Å². The average molecular weight is 230 g/mol. The highest BCUT2D eigenvalue weighted by Gasteiger charge is 2.01. The van der Waals surface area contributed by atoms with E-state index in [0.29, 0.717) is 12.0 Å². The van der Waals surface area contributed by atoms with E-state index < -0.39 is 0 Å². The number of hydrogen-bond acceptors (Lipinski definition) is 2. The van der Waals surface area contributed by atoms with Gasteiger partial charge in [-0.05, 0) is 18.6 Å². The molecule has 0 bridgehead atoms. The SMILES string of the molecule is CCCCCC(=O)/C=C/C(=O)c1ccccc1. The molecule has 0 fully saturated rings. The fourth-order valence-electron chi connectivity index (χ4n) is 1.50. The molecular formula is C15H18O2. The summed E-state index contributed by atoms with van der Waals surface area (Å²) in [4.78, 5) is 23.1. The molecular weight excluding hydrogens is 212 g/mol. The highest BCUT2D eigenvalue weighted by molar-refractivity contribution is 6.07. The minimum Gasteiger partial charge on any atom is -0.295 e. The first-order valence-electron chi connectivity index (χ1n) is 6.04. The van der Waals surface area contributed by atoms with Gasteiger partial charge in [-0.15, -0.1) is 0 Å². The first kappa shape index (κ1) is 13.4. The highest BCUT2D eigenvalue weighted by Crippen LogP contribution is 2.03. The van der Waals surface area contributed by atoms with Crippen molar-refractivity contribution >= 4 is 11.6 Å². The Bertz CT molecular complexity index is 391. The van der Waals surface area contributed by atoms with Crippen LogP contribution in [0.2, 0.25) is 0 Å². The largest absolute Gasteiger partial charge is 0.295 e. The zero-order valence-electron chi connectivity index (χ0n) is 10.2. The van der Waals surface area contributed by atoms with Gasteiger partial charge < -0.3 is 0 Å². The van der Waals surface area contributed by atoms with Crippen molar-refractivity contribution in [1.29, 1.82) is 0 Å². The van der Waals surface area contributed by atoms with Crippen LogP contribution in [0.4, 0.5) is 0 Å². The predicted octanol–water partition coefficient (Wildman–Crippen LogP) is 3.57. The molecule has 1 aromatic rings. The second kappa shape index (κ2) is 7.55. The second-order valence-electron chi connectivity index (χ2n) is 3.99. The Morgan fingerprint density at radius 1 is 1.06 bits per heavy atom. The van der Waals surface area contributed by atoms with Crippen LogP contribution in [-0.4, -0.2) is 11.6 Å². The molecule has 0 atom stereocenters. The number of unbranched alkanes of at least 4 members (excludes halogenated alkanes) is 2. The van der Waals surface area contributed by atoms with Crippen LogP contribution in [0.25, 0.3) is 0 Å². The standard InChI is InChI=1S/C15H18O2/c1-2-3-5-10-14(16)11-12-15(17)13-8-6-4-7-9-13/h4,6-9,11-12H,2-3,5,10H2,1H3/b12-11+. The number of carbonyl (C=O) groups excluding carboxylic acids is 2. The van der Waals surface area contributed by atoms with Gasteiger partial charge in [-0.3, -0.25) is 9.59 Å². The van der Waals surface area contributed by atoms with Crippen LogP contribution < -0.4 is 0 Å². The fourth-order valence-corrected chi connectivity index (χ4v) is 1.50. The summed E-state index contributed by atoms with van der Waals surface area (Å²) in [7, 11) is 0. The minimum absolute atomic E-state index is 0.0303. The Kier molecular flexibility index (Phi) is 5.94. The maximum Gasteiger partial charge on any atom is 0.185 e. The molecule has 1 aromatic carbocycles. The summed E-state index contributed by atoms with van der Waals surface area (Å²) in [5.41, 5.74) is 0.616. The predicted molar refractivity (Wildman–Crippen MR) is 69.1 cm³/mol. The van der Waals surface area contributed by atoms with Crippen LogP contribution in [0.1, 0.15) is 43.0 Å². The van der Waals surface area contributed by atoms with Gasteiger partial charge in [0.2, 0.25) is 0 Å². The van der Waals surface area contributed by atoms with Gasteiger partial charge in [-0.1, -0.05) is 50.1 Å². The van der Waals surface area contributed by atoms with E-state index in [1.165, 1.54) is 12.2 Å².